The summed E-state index contributed by atoms with van der Waals surface area (Å²) < 4.78 is 1.89. The van der Waals surface area contributed by atoms with Gasteiger partial charge in [-0.05, 0) is 57.1 Å². The fraction of sp³-hybridized carbons (Fsp3) is 0.526. The highest BCUT2D eigenvalue weighted by Gasteiger charge is 2.40. The number of carbonyl (C=O) groups is 1. The molecule has 2 fully saturated rings. The Labute approximate surface area is 141 Å². The zero-order valence-corrected chi connectivity index (χ0v) is 14.2. The van der Waals surface area contributed by atoms with Crippen LogP contribution < -0.4 is 10.7 Å². The molecule has 2 saturated carbocycles. The van der Waals surface area contributed by atoms with Crippen LogP contribution in [0.1, 0.15) is 48.7 Å². The molecule has 2 aromatic heterocycles. The van der Waals surface area contributed by atoms with Gasteiger partial charge >= 0.3 is 0 Å². The average Bonchev–Trinajstić information content (AvgIpc) is 3.18. The number of hydrogen-bond acceptors (Lipinski definition) is 3. The maximum absolute atomic E-state index is 12.8. The third-order valence-corrected chi connectivity index (χ3v) is 5.70. The summed E-state index contributed by atoms with van der Waals surface area (Å²) in [5.41, 5.74) is 1.53. The van der Waals surface area contributed by atoms with Crippen LogP contribution in [0.25, 0.3) is 11.0 Å². The number of hydrogen-bond donors (Lipinski definition) is 1. The monoisotopic (exact) mass is 325 g/mol. The summed E-state index contributed by atoms with van der Waals surface area (Å²) in [7, 11) is 0. The van der Waals surface area contributed by atoms with Crippen LogP contribution in [-0.2, 0) is 6.54 Å². The molecule has 0 unspecified atom stereocenters. The zero-order chi connectivity index (χ0) is 16.8. The first kappa shape index (κ1) is 15.4. The minimum atomic E-state index is -0.234. The van der Waals surface area contributed by atoms with Gasteiger partial charge in [0.2, 0.25) is 5.43 Å². The van der Waals surface area contributed by atoms with Gasteiger partial charge in [-0.15, -0.1) is 0 Å². The van der Waals surface area contributed by atoms with Crippen LogP contribution in [-0.4, -0.2) is 21.5 Å². The van der Waals surface area contributed by atoms with E-state index < -0.39 is 0 Å². The molecule has 2 bridgehead atoms. The van der Waals surface area contributed by atoms with Crippen molar-refractivity contribution in [3.8, 4) is 0 Å². The van der Waals surface area contributed by atoms with Gasteiger partial charge in [0.05, 0.1) is 5.39 Å². The predicted octanol–water partition coefficient (Wildman–Crippen LogP) is 2.64. The van der Waals surface area contributed by atoms with Gasteiger partial charge in [-0.3, -0.25) is 9.59 Å². The van der Waals surface area contributed by atoms with Crippen molar-refractivity contribution in [2.75, 3.05) is 0 Å². The highest BCUT2D eigenvalue weighted by molar-refractivity contribution is 5.97. The van der Waals surface area contributed by atoms with Crippen LogP contribution in [0, 0.1) is 18.8 Å². The van der Waals surface area contributed by atoms with Crippen molar-refractivity contribution in [3.05, 3.63) is 39.8 Å². The van der Waals surface area contributed by atoms with Gasteiger partial charge in [0.25, 0.3) is 5.91 Å². The molecule has 1 N–H and O–H groups in total. The summed E-state index contributed by atoms with van der Waals surface area (Å²) in [6, 6.07) is 3.83. The number of nitrogens with zero attached hydrogens (tertiary/aromatic N) is 2. The molecule has 5 nitrogen and oxygen atoms in total. The van der Waals surface area contributed by atoms with Crippen LogP contribution in [0.4, 0.5) is 0 Å². The smallest absolute Gasteiger partial charge is 0.257 e. The molecule has 4 rings (SSSR count). The summed E-state index contributed by atoms with van der Waals surface area (Å²) in [4.78, 5) is 30.0. The molecule has 2 aromatic rings. The second-order valence-electron chi connectivity index (χ2n) is 7.24. The molecule has 2 heterocycles. The molecule has 0 aromatic carbocycles. The Bertz CT molecular complexity index is 871. The molecule has 1 amide bonds. The van der Waals surface area contributed by atoms with Gasteiger partial charge < -0.3 is 9.88 Å². The molecule has 0 aliphatic heterocycles. The lowest BCUT2D eigenvalue weighted by Crippen LogP contribution is -2.40. The zero-order valence-electron chi connectivity index (χ0n) is 14.2. The van der Waals surface area contributed by atoms with Crippen molar-refractivity contribution in [1.82, 2.24) is 14.9 Å². The molecule has 126 valence electrons. The SMILES string of the molecule is CCn1cc(C(=O)N[C@H]2C[C@@H]3CC[C@@H]2C3)c(=O)c2ccc(C)nc21. The maximum atomic E-state index is 12.8. The number of amides is 1. The Hall–Kier alpha value is -2.17. The number of carbonyl (C=O) groups excluding carboxylic acids is 1. The third kappa shape index (κ3) is 2.43. The highest BCUT2D eigenvalue weighted by Crippen LogP contribution is 2.44. The van der Waals surface area contributed by atoms with Crippen LogP contribution in [0.15, 0.2) is 23.1 Å². The molecule has 3 atom stereocenters. The van der Waals surface area contributed by atoms with Crippen molar-refractivity contribution >= 4 is 16.9 Å². The Morgan fingerprint density at radius 3 is 2.83 bits per heavy atom. The lowest BCUT2D eigenvalue weighted by Gasteiger charge is -2.23. The summed E-state index contributed by atoms with van der Waals surface area (Å²) in [5.74, 6) is 1.12. The van der Waals surface area contributed by atoms with Gasteiger partial charge in [0.15, 0.2) is 0 Å². The quantitative estimate of drug-likeness (QED) is 0.943. The number of nitrogens with one attached hydrogen (secondary N) is 1. The number of rotatable bonds is 3. The second kappa shape index (κ2) is 5.72. The molecular formula is C19H23N3O2. The summed E-state index contributed by atoms with van der Waals surface area (Å²) in [6.45, 7) is 4.56. The van der Waals surface area contributed by atoms with Gasteiger partial charge in [0.1, 0.15) is 11.2 Å². The van der Waals surface area contributed by atoms with Crippen molar-refractivity contribution in [1.29, 1.82) is 0 Å². The summed E-state index contributed by atoms with van der Waals surface area (Å²) in [5, 5.41) is 3.64. The minimum Gasteiger partial charge on any atom is -0.349 e. The van der Waals surface area contributed by atoms with Crippen molar-refractivity contribution in [2.24, 2.45) is 11.8 Å². The van der Waals surface area contributed by atoms with Gasteiger partial charge in [-0.2, -0.15) is 0 Å². The molecule has 0 spiro atoms. The molecule has 24 heavy (non-hydrogen) atoms. The van der Waals surface area contributed by atoms with Crippen LogP contribution in [0.2, 0.25) is 0 Å². The Morgan fingerprint density at radius 1 is 1.33 bits per heavy atom. The van der Waals surface area contributed by atoms with Gasteiger partial charge in [-0.1, -0.05) is 6.42 Å². The second-order valence-corrected chi connectivity index (χ2v) is 7.24. The van der Waals surface area contributed by atoms with E-state index in [4.69, 9.17) is 0 Å². The number of fused-ring (bicyclic) bond motifs is 3. The summed E-state index contributed by atoms with van der Waals surface area (Å²) in [6.07, 6.45) is 6.45. The van der Waals surface area contributed by atoms with Gasteiger partial charge in [0, 0.05) is 24.5 Å². The molecular weight excluding hydrogens is 302 g/mol. The minimum absolute atomic E-state index is 0.220. The van der Waals surface area contributed by atoms with Crippen LogP contribution in [0.3, 0.4) is 0 Å². The van der Waals surface area contributed by atoms with Crippen LogP contribution in [0.5, 0.6) is 0 Å². The maximum Gasteiger partial charge on any atom is 0.257 e. The summed E-state index contributed by atoms with van der Waals surface area (Å²) >= 11 is 0. The van der Waals surface area contributed by atoms with E-state index in [2.05, 4.69) is 10.3 Å². The largest absolute Gasteiger partial charge is 0.349 e. The number of pyridine rings is 2. The molecule has 0 radical (unpaired) electrons. The van der Waals surface area contributed by atoms with E-state index in [0.29, 0.717) is 23.5 Å². The first-order chi connectivity index (χ1) is 11.6. The van der Waals surface area contributed by atoms with E-state index in [1.165, 1.54) is 19.3 Å². The number of aromatic nitrogens is 2. The van der Waals surface area contributed by atoms with Crippen molar-refractivity contribution in [2.45, 2.75) is 52.1 Å². The first-order valence-corrected chi connectivity index (χ1v) is 8.88. The van der Waals surface area contributed by atoms with E-state index in [0.717, 1.165) is 18.0 Å². The average molecular weight is 325 g/mol. The normalized spacial score (nSPS) is 25.3. The molecule has 0 saturated heterocycles. The van der Waals surface area contributed by atoms with Gasteiger partial charge in [-0.25, -0.2) is 4.98 Å². The standard InChI is InChI=1S/C19H23N3O2/c1-3-22-10-15(17(23)14-7-4-11(2)20-18(14)22)19(24)21-16-9-12-5-6-13(16)8-12/h4,7,10,12-13,16H,3,5-6,8-9H2,1-2H3,(H,21,24)/t12-,13-,16+/m1/s1. The predicted molar refractivity (Wildman–Crippen MR) is 93.1 cm³/mol. The lowest BCUT2D eigenvalue weighted by atomic mass is 9.95. The molecule has 5 heteroatoms. The lowest BCUT2D eigenvalue weighted by molar-refractivity contribution is 0.0921. The molecule has 2 aliphatic carbocycles. The Balaban J connectivity index is 1.71. The first-order valence-electron chi connectivity index (χ1n) is 8.88. The fourth-order valence-corrected chi connectivity index (χ4v) is 4.43. The Kier molecular flexibility index (Phi) is 3.66. The highest BCUT2D eigenvalue weighted by atomic mass is 16.2. The van der Waals surface area contributed by atoms with Crippen molar-refractivity contribution in [3.63, 3.8) is 0 Å². The third-order valence-electron chi connectivity index (χ3n) is 5.70. The van der Waals surface area contributed by atoms with E-state index in [1.807, 2.05) is 24.5 Å². The van der Waals surface area contributed by atoms with E-state index in [9.17, 15) is 9.59 Å². The van der Waals surface area contributed by atoms with E-state index in [1.54, 1.807) is 12.3 Å². The Morgan fingerprint density at radius 2 is 2.17 bits per heavy atom. The number of aryl methyl sites for hydroxylation is 2. The topological polar surface area (TPSA) is 64.0 Å². The fourth-order valence-electron chi connectivity index (χ4n) is 4.43. The van der Waals surface area contributed by atoms with E-state index >= 15 is 0 Å². The van der Waals surface area contributed by atoms with Crippen molar-refractivity contribution < 1.29 is 4.79 Å². The van der Waals surface area contributed by atoms with Crippen LogP contribution >= 0.6 is 0 Å². The molecule has 2 aliphatic rings. The van der Waals surface area contributed by atoms with E-state index in [-0.39, 0.29) is 22.9 Å².